The molecule has 0 fully saturated rings. The summed E-state index contributed by atoms with van der Waals surface area (Å²) in [5.74, 6) is 0.588. The molecule has 0 amide bonds. The van der Waals surface area contributed by atoms with Crippen LogP contribution < -0.4 is 0 Å². The van der Waals surface area contributed by atoms with E-state index in [1.54, 1.807) is 23.3 Å². The van der Waals surface area contributed by atoms with E-state index in [0.717, 1.165) is 5.57 Å². The molecule has 3 heteroatoms. The Bertz CT molecular complexity index is 377. The van der Waals surface area contributed by atoms with E-state index in [-0.39, 0.29) is 5.41 Å². The van der Waals surface area contributed by atoms with Crippen LogP contribution in [0.5, 0.6) is 0 Å². The van der Waals surface area contributed by atoms with Crippen LogP contribution in [0.1, 0.15) is 20.8 Å². The molecule has 0 bridgehead atoms. The SMILES string of the molecule is C=C(/N=C\C(=C)C(C)(C)C)n1cccn1. The average Bonchev–Trinajstić information content (AvgIpc) is 2.64. The number of rotatable bonds is 3. The third-order valence-corrected chi connectivity index (χ3v) is 2.10. The number of aromatic nitrogens is 2. The molecule has 0 atom stereocenters. The number of hydrogen-bond acceptors (Lipinski definition) is 2. The van der Waals surface area contributed by atoms with Crippen molar-refractivity contribution in [1.82, 2.24) is 9.78 Å². The van der Waals surface area contributed by atoms with Gasteiger partial charge in [-0.2, -0.15) is 5.10 Å². The van der Waals surface area contributed by atoms with E-state index >= 15 is 0 Å². The average molecular weight is 203 g/mol. The molecule has 0 aliphatic heterocycles. The van der Waals surface area contributed by atoms with Gasteiger partial charge in [0.05, 0.1) is 0 Å². The van der Waals surface area contributed by atoms with Gasteiger partial charge in [0.15, 0.2) is 0 Å². The Morgan fingerprint density at radius 3 is 2.53 bits per heavy atom. The standard InChI is InChI=1S/C12H17N3/c1-10(12(3,4)5)9-13-11(2)15-8-6-7-14-15/h6-9H,1-2H2,3-5H3/b13-9-. The van der Waals surface area contributed by atoms with Crippen molar-refractivity contribution in [2.45, 2.75) is 20.8 Å². The second-order valence-corrected chi connectivity index (χ2v) is 4.40. The summed E-state index contributed by atoms with van der Waals surface area (Å²) in [6, 6.07) is 1.83. The van der Waals surface area contributed by atoms with E-state index in [4.69, 9.17) is 0 Å². The van der Waals surface area contributed by atoms with Gasteiger partial charge in [0.1, 0.15) is 5.82 Å². The summed E-state index contributed by atoms with van der Waals surface area (Å²) in [5, 5.41) is 4.03. The van der Waals surface area contributed by atoms with Crippen LogP contribution in [0, 0.1) is 5.41 Å². The van der Waals surface area contributed by atoms with Crippen molar-refractivity contribution in [2.24, 2.45) is 10.4 Å². The van der Waals surface area contributed by atoms with Crippen LogP contribution in [0.25, 0.3) is 5.82 Å². The van der Waals surface area contributed by atoms with Crippen LogP contribution in [0.3, 0.4) is 0 Å². The smallest absolute Gasteiger partial charge is 0.146 e. The highest BCUT2D eigenvalue weighted by molar-refractivity contribution is 5.82. The fourth-order valence-corrected chi connectivity index (χ4v) is 0.827. The van der Waals surface area contributed by atoms with Gasteiger partial charge in [-0.25, -0.2) is 9.67 Å². The molecule has 0 aliphatic rings. The van der Waals surface area contributed by atoms with Gasteiger partial charge in [-0.3, -0.25) is 0 Å². The van der Waals surface area contributed by atoms with E-state index < -0.39 is 0 Å². The second-order valence-electron chi connectivity index (χ2n) is 4.40. The van der Waals surface area contributed by atoms with Gasteiger partial charge in [0.2, 0.25) is 0 Å². The second kappa shape index (κ2) is 4.26. The largest absolute Gasteiger partial charge is 0.237 e. The topological polar surface area (TPSA) is 30.2 Å². The lowest BCUT2D eigenvalue weighted by Gasteiger charge is -2.17. The molecule has 3 nitrogen and oxygen atoms in total. The van der Waals surface area contributed by atoms with Gasteiger partial charge in [0.25, 0.3) is 0 Å². The molecule has 15 heavy (non-hydrogen) atoms. The lowest BCUT2D eigenvalue weighted by atomic mass is 9.88. The van der Waals surface area contributed by atoms with Crippen molar-refractivity contribution in [1.29, 1.82) is 0 Å². The molecule has 1 rings (SSSR count). The first-order chi connectivity index (χ1) is 6.91. The van der Waals surface area contributed by atoms with Crippen molar-refractivity contribution in [3.05, 3.63) is 37.2 Å². The summed E-state index contributed by atoms with van der Waals surface area (Å²) >= 11 is 0. The molecule has 0 radical (unpaired) electrons. The van der Waals surface area contributed by atoms with Gasteiger partial charge in [-0.15, -0.1) is 0 Å². The summed E-state index contributed by atoms with van der Waals surface area (Å²) in [4.78, 5) is 4.21. The summed E-state index contributed by atoms with van der Waals surface area (Å²) in [6.45, 7) is 14.1. The predicted molar refractivity (Wildman–Crippen MR) is 64.6 cm³/mol. The Kier molecular flexibility index (Phi) is 3.24. The third kappa shape index (κ3) is 3.20. The maximum atomic E-state index is 4.21. The van der Waals surface area contributed by atoms with Crippen LogP contribution in [0.2, 0.25) is 0 Å². The quantitative estimate of drug-likeness (QED) is 0.694. The van der Waals surface area contributed by atoms with E-state index in [0.29, 0.717) is 5.82 Å². The van der Waals surface area contributed by atoms with Crippen molar-refractivity contribution >= 4 is 12.0 Å². The number of allylic oxidation sites excluding steroid dienone is 1. The fourth-order valence-electron chi connectivity index (χ4n) is 0.827. The molecule has 0 aliphatic carbocycles. The van der Waals surface area contributed by atoms with Gasteiger partial charge < -0.3 is 0 Å². The normalized spacial score (nSPS) is 11.9. The van der Waals surface area contributed by atoms with Gasteiger partial charge >= 0.3 is 0 Å². The van der Waals surface area contributed by atoms with Gasteiger partial charge in [-0.1, -0.05) is 33.9 Å². The molecule has 1 heterocycles. The lowest BCUT2D eigenvalue weighted by Crippen LogP contribution is -2.09. The van der Waals surface area contributed by atoms with Gasteiger partial charge in [-0.05, 0) is 17.1 Å². The summed E-state index contributed by atoms with van der Waals surface area (Å²) in [7, 11) is 0. The van der Waals surface area contributed by atoms with Crippen LogP contribution in [0.15, 0.2) is 42.2 Å². The van der Waals surface area contributed by atoms with E-state index in [2.05, 4.69) is 44.0 Å². The molecule has 0 unspecified atom stereocenters. The molecule has 1 aromatic heterocycles. The van der Waals surface area contributed by atoms with Crippen LogP contribution >= 0.6 is 0 Å². The minimum atomic E-state index is 0.0356. The van der Waals surface area contributed by atoms with Crippen molar-refractivity contribution in [3.8, 4) is 0 Å². The van der Waals surface area contributed by atoms with Crippen molar-refractivity contribution in [2.75, 3.05) is 0 Å². The number of hydrogen-bond donors (Lipinski definition) is 0. The zero-order valence-corrected chi connectivity index (χ0v) is 9.57. The first-order valence-corrected chi connectivity index (χ1v) is 4.83. The van der Waals surface area contributed by atoms with Gasteiger partial charge in [0, 0.05) is 18.6 Å². The Labute approximate surface area is 90.8 Å². The number of aliphatic imine (C=N–C) groups is 1. The maximum Gasteiger partial charge on any atom is 0.146 e. The van der Waals surface area contributed by atoms with Crippen LogP contribution in [-0.2, 0) is 0 Å². The lowest BCUT2D eigenvalue weighted by molar-refractivity contribution is 0.528. The minimum Gasteiger partial charge on any atom is -0.237 e. The Morgan fingerprint density at radius 2 is 2.07 bits per heavy atom. The fraction of sp³-hybridized carbons (Fsp3) is 0.333. The van der Waals surface area contributed by atoms with E-state index in [1.807, 2.05) is 6.07 Å². The van der Waals surface area contributed by atoms with Crippen LogP contribution in [0.4, 0.5) is 0 Å². The first-order valence-electron chi connectivity index (χ1n) is 4.83. The Balaban J connectivity index is 2.68. The highest BCUT2D eigenvalue weighted by Crippen LogP contribution is 2.21. The molecule has 0 N–H and O–H groups in total. The first kappa shape index (κ1) is 11.4. The highest BCUT2D eigenvalue weighted by atomic mass is 15.3. The monoisotopic (exact) mass is 203 g/mol. The van der Waals surface area contributed by atoms with E-state index in [9.17, 15) is 0 Å². The molecule has 0 saturated heterocycles. The predicted octanol–water partition coefficient (Wildman–Crippen LogP) is 2.98. The molecule has 1 aromatic rings. The summed E-state index contributed by atoms with van der Waals surface area (Å²) < 4.78 is 1.62. The zero-order valence-electron chi connectivity index (χ0n) is 9.57. The maximum absolute atomic E-state index is 4.21. The zero-order chi connectivity index (χ0) is 11.5. The van der Waals surface area contributed by atoms with Crippen molar-refractivity contribution < 1.29 is 0 Å². The Morgan fingerprint density at radius 1 is 1.40 bits per heavy atom. The minimum absolute atomic E-state index is 0.0356. The molecule has 0 spiro atoms. The van der Waals surface area contributed by atoms with Crippen molar-refractivity contribution in [3.63, 3.8) is 0 Å². The molecule has 80 valence electrons. The molecule has 0 aromatic carbocycles. The molecule has 0 saturated carbocycles. The number of nitrogens with zero attached hydrogens (tertiary/aromatic N) is 3. The van der Waals surface area contributed by atoms with Crippen LogP contribution in [-0.4, -0.2) is 16.0 Å². The summed E-state index contributed by atoms with van der Waals surface area (Å²) in [5.41, 5.74) is 1.00. The third-order valence-electron chi connectivity index (χ3n) is 2.10. The molecular weight excluding hydrogens is 186 g/mol. The van der Waals surface area contributed by atoms with E-state index in [1.165, 1.54) is 0 Å². The summed E-state index contributed by atoms with van der Waals surface area (Å²) in [6.07, 6.45) is 5.24. The molecular formula is C12H17N3. The Hall–Kier alpha value is -1.64. The highest BCUT2D eigenvalue weighted by Gasteiger charge is 2.12.